The summed E-state index contributed by atoms with van der Waals surface area (Å²) in [4.78, 5) is 44.7. The normalized spacial score (nSPS) is 9.64. The van der Waals surface area contributed by atoms with Gasteiger partial charge < -0.3 is 14.6 Å². The van der Waals surface area contributed by atoms with Crippen molar-refractivity contribution in [2.24, 2.45) is 0 Å². The van der Waals surface area contributed by atoms with Gasteiger partial charge in [0.1, 0.15) is 9.21 Å². The van der Waals surface area contributed by atoms with E-state index in [1.165, 1.54) is 18.5 Å². The fourth-order valence-corrected chi connectivity index (χ4v) is 3.19. The molecule has 0 amide bonds. The molecule has 0 aliphatic carbocycles. The molecular weight excluding hydrogens is 634 g/mol. The third-order valence-electron chi connectivity index (χ3n) is 4.56. The van der Waals surface area contributed by atoms with Crippen molar-refractivity contribution in [2.75, 3.05) is 13.2 Å². The van der Waals surface area contributed by atoms with Crippen LogP contribution in [-0.4, -0.2) is 51.2 Å². The molecule has 1 aromatic carbocycles. The first-order chi connectivity index (χ1) is 18.7. The van der Waals surface area contributed by atoms with Gasteiger partial charge in [-0.15, -0.1) is 0 Å². The molecule has 4 rings (SSSR count). The van der Waals surface area contributed by atoms with E-state index in [9.17, 15) is 14.4 Å². The lowest BCUT2D eigenvalue weighted by Gasteiger charge is -2.03. The maximum atomic E-state index is 11.4. The Morgan fingerprint density at radius 2 is 1.13 bits per heavy atom. The summed E-state index contributed by atoms with van der Waals surface area (Å²) in [5.74, 6) is -1.63. The van der Waals surface area contributed by atoms with Crippen LogP contribution in [0.3, 0.4) is 0 Å². The van der Waals surface area contributed by atoms with Crippen LogP contribution in [0.25, 0.3) is 11.3 Å². The molecule has 0 atom stereocenters. The van der Waals surface area contributed by atoms with Crippen LogP contribution in [0.15, 0.2) is 94.5 Å². The number of carboxylic acid groups (broad SMARTS) is 1. The van der Waals surface area contributed by atoms with E-state index in [2.05, 4.69) is 46.8 Å². The molecule has 3 aromatic heterocycles. The Hall–Kier alpha value is -3.96. The van der Waals surface area contributed by atoms with Gasteiger partial charge in [-0.2, -0.15) is 0 Å². The van der Waals surface area contributed by atoms with Crippen LogP contribution >= 0.6 is 31.9 Å². The molecular formula is C28H25Br2N3O6. The number of halogens is 2. The second-order valence-electron chi connectivity index (χ2n) is 7.28. The zero-order valence-corrected chi connectivity index (χ0v) is 24.3. The van der Waals surface area contributed by atoms with Gasteiger partial charge in [-0.3, -0.25) is 4.98 Å². The predicted octanol–water partition coefficient (Wildman–Crippen LogP) is 6.49. The quantitative estimate of drug-likeness (QED) is 0.183. The summed E-state index contributed by atoms with van der Waals surface area (Å²) in [6.07, 6.45) is 4.31. The maximum Gasteiger partial charge on any atom is 0.339 e. The van der Waals surface area contributed by atoms with Crippen LogP contribution in [0.1, 0.15) is 44.9 Å². The number of carbonyl (C=O) groups is 3. The third-order valence-corrected chi connectivity index (χ3v) is 5.50. The minimum Gasteiger partial charge on any atom is -0.478 e. The van der Waals surface area contributed by atoms with E-state index >= 15 is 0 Å². The van der Waals surface area contributed by atoms with Crippen LogP contribution in [0.4, 0.5) is 0 Å². The Kier molecular flexibility index (Phi) is 13.5. The summed E-state index contributed by atoms with van der Waals surface area (Å²) in [5.41, 5.74) is 3.02. The zero-order valence-electron chi connectivity index (χ0n) is 21.1. The van der Waals surface area contributed by atoms with Crippen molar-refractivity contribution in [3.8, 4) is 11.3 Å². The number of esters is 2. The number of rotatable bonds is 6. The molecule has 0 fully saturated rings. The van der Waals surface area contributed by atoms with Gasteiger partial charge in [0.15, 0.2) is 0 Å². The van der Waals surface area contributed by atoms with Crippen LogP contribution < -0.4 is 0 Å². The lowest BCUT2D eigenvalue weighted by Crippen LogP contribution is -2.04. The molecule has 0 saturated heterocycles. The number of ether oxygens (including phenoxy) is 2. The van der Waals surface area contributed by atoms with Gasteiger partial charge in [0, 0.05) is 24.2 Å². The average Bonchev–Trinajstić information content (AvgIpc) is 2.95. The highest BCUT2D eigenvalue weighted by atomic mass is 79.9. The number of pyridine rings is 3. The number of carbonyl (C=O) groups excluding carboxylic acids is 2. The second-order valence-corrected chi connectivity index (χ2v) is 8.91. The van der Waals surface area contributed by atoms with Crippen molar-refractivity contribution < 1.29 is 29.0 Å². The molecule has 0 radical (unpaired) electrons. The number of hydrogen-bond acceptors (Lipinski definition) is 8. The van der Waals surface area contributed by atoms with E-state index in [0.717, 1.165) is 11.3 Å². The summed E-state index contributed by atoms with van der Waals surface area (Å²) < 4.78 is 11.0. The van der Waals surface area contributed by atoms with Crippen molar-refractivity contribution >= 4 is 49.8 Å². The topological polar surface area (TPSA) is 129 Å². The number of carboxylic acids is 1. The molecule has 202 valence electrons. The van der Waals surface area contributed by atoms with E-state index in [-0.39, 0.29) is 17.5 Å². The highest BCUT2D eigenvalue weighted by Crippen LogP contribution is 2.16. The van der Waals surface area contributed by atoms with Gasteiger partial charge in [-0.25, -0.2) is 24.4 Å². The SMILES string of the molecule is CCOC(=O)c1ccc(-c2ccccc2)nc1.CCOC(=O)c1ccc(Br)nc1.O=C(O)c1ccc(Br)nc1. The van der Waals surface area contributed by atoms with Crippen LogP contribution in [0.2, 0.25) is 0 Å². The number of nitrogens with zero attached hydrogens (tertiary/aromatic N) is 3. The highest BCUT2D eigenvalue weighted by molar-refractivity contribution is 9.10. The first kappa shape index (κ1) is 31.3. The Labute approximate surface area is 242 Å². The van der Waals surface area contributed by atoms with Crippen molar-refractivity contribution in [1.29, 1.82) is 0 Å². The summed E-state index contributed by atoms with van der Waals surface area (Å²) in [6, 6.07) is 19.8. The fourth-order valence-electron chi connectivity index (χ4n) is 2.72. The molecule has 39 heavy (non-hydrogen) atoms. The summed E-state index contributed by atoms with van der Waals surface area (Å²) in [5, 5.41) is 8.42. The van der Waals surface area contributed by atoms with E-state index in [4.69, 9.17) is 14.6 Å². The number of hydrogen-bond donors (Lipinski definition) is 1. The molecule has 0 bridgehead atoms. The Balaban J connectivity index is 0.000000214. The largest absolute Gasteiger partial charge is 0.478 e. The Morgan fingerprint density at radius 3 is 1.51 bits per heavy atom. The molecule has 3 heterocycles. The van der Waals surface area contributed by atoms with Gasteiger partial charge >= 0.3 is 17.9 Å². The number of benzene rings is 1. The first-order valence-corrected chi connectivity index (χ1v) is 13.2. The van der Waals surface area contributed by atoms with Crippen molar-refractivity contribution in [3.05, 3.63) is 111 Å². The Morgan fingerprint density at radius 1 is 0.667 bits per heavy atom. The third kappa shape index (κ3) is 11.1. The van der Waals surface area contributed by atoms with Gasteiger partial charge in [-0.1, -0.05) is 30.3 Å². The summed E-state index contributed by atoms with van der Waals surface area (Å²) >= 11 is 6.26. The van der Waals surface area contributed by atoms with Gasteiger partial charge in [0.25, 0.3) is 0 Å². The average molecular weight is 659 g/mol. The molecule has 0 aliphatic heterocycles. The Bertz CT molecular complexity index is 1330. The first-order valence-electron chi connectivity index (χ1n) is 11.6. The zero-order chi connectivity index (χ0) is 28.6. The van der Waals surface area contributed by atoms with Crippen LogP contribution in [0, 0.1) is 0 Å². The summed E-state index contributed by atoms with van der Waals surface area (Å²) in [6.45, 7) is 4.31. The molecule has 0 aliphatic rings. The molecule has 11 heteroatoms. The molecule has 0 saturated carbocycles. The lowest BCUT2D eigenvalue weighted by molar-refractivity contribution is 0.0516. The number of aromatic carboxylic acids is 1. The van der Waals surface area contributed by atoms with E-state index in [1.807, 2.05) is 36.4 Å². The number of aromatic nitrogens is 3. The van der Waals surface area contributed by atoms with Gasteiger partial charge in [0.05, 0.1) is 35.6 Å². The minimum absolute atomic E-state index is 0.197. The minimum atomic E-state index is -0.958. The standard InChI is InChI=1S/C14H13NO2.C8H8BrNO2.C6H4BrNO2/c1-2-17-14(16)12-8-9-13(15-10-12)11-6-4-3-5-7-11;1-2-12-8(11)6-3-4-7(9)10-5-6;7-5-2-1-4(3-8-5)6(9)10/h3-10H,2H2,1H3;3-5H,2H2,1H3;1-3H,(H,9,10). The van der Waals surface area contributed by atoms with E-state index in [1.54, 1.807) is 44.3 Å². The van der Waals surface area contributed by atoms with Crippen molar-refractivity contribution in [2.45, 2.75) is 13.8 Å². The van der Waals surface area contributed by atoms with E-state index < -0.39 is 5.97 Å². The van der Waals surface area contributed by atoms with Crippen LogP contribution in [-0.2, 0) is 9.47 Å². The molecule has 0 spiro atoms. The van der Waals surface area contributed by atoms with Crippen molar-refractivity contribution in [1.82, 2.24) is 15.0 Å². The molecule has 0 unspecified atom stereocenters. The summed E-state index contributed by atoms with van der Waals surface area (Å²) in [7, 11) is 0. The molecule has 1 N–H and O–H groups in total. The molecule has 4 aromatic rings. The van der Waals surface area contributed by atoms with Crippen LogP contribution in [0.5, 0.6) is 0 Å². The smallest absolute Gasteiger partial charge is 0.339 e. The molecule has 9 nitrogen and oxygen atoms in total. The van der Waals surface area contributed by atoms with Gasteiger partial charge in [-0.05, 0) is 82.1 Å². The van der Waals surface area contributed by atoms with Crippen molar-refractivity contribution in [3.63, 3.8) is 0 Å². The van der Waals surface area contributed by atoms with E-state index in [0.29, 0.717) is 33.5 Å². The predicted molar refractivity (Wildman–Crippen MR) is 152 cm³/mol. The maximum absolute atomic E-state index is 11.4. The highest BCUT2D eigenvalue weighted by Gasteiger charge is 2.07. The van der Waals surface area contributed by atoms with Gasteiger partial charge in [0.2, 0.25) is 0 Å². The monoisotopic (exact) mass is 657 g/mol. The lowest BCUT2D eigenvalue weighted by atomic mass is 10.1. The second kappa shape index (κ2) is 16.8. The fraction of sp³-hybridized carbons (Fsp3) is 0.143.